The Morgan fingerprint density at radius 2 is 2.54 bits per heavy atom. The number of hydrogen-bond acceptors (Lipinski definition) is 2. The lowest BCUT2D eigenvalue weighted by Gasteiger charge is -2.27. The molecule has 0 unspecified atom stereocenters. The van der Waals surface area contributed by atoms with Gasteiger partial charge >= 0.3 is 0 Å². The van der Waals surface area contributed by atoms with E-state index in [0.29, 0.717) is 6.04 Å². The third-order valence-corrected chi connectivity index (χ3v) is 2.48. The van der Waals surface area contributed by atoms with Crippen LogP contribution in [0.25, 0.3) is 0 Å². The second-order valence-electron chi connectivity index (χ2n) is 3.46. The van der Waals surface area contributed by atoms with Crippen LogP contribution in [-0.4, -0.2) is 15.6 Å². The highest BCUT2D eigenvalue weighted by Gasteiger charge is 2.18. The first-order valence-corrected chi connectivity index (χ1v) is 4.78. The van der Waals surface area contributed by atoms with Gasteiger partial charge < -0.3 is 9.88 Å². The standard InChI is InChI=1S/C10H15N3/c1-2-7-13-8-6-11-10(13)12-9-4-3-5-9/h2,6,8-9H,1,3-5,7H2,(H,11,12). The third kappa shape index (κ3) is 1.74. The predicted molar refractivity (Wildman–Crippen MR) is 53.7 cm³/mol. The molecular weight excluding hydrogens is 162 g/mol. The SMILES string of the molecule is C=CCn1ccnc1NC1CCC1. The molecule has 13 heavy (non-hydrogen) atoms. The Balaban J connectivity index is 2.00. The molecule has 70 valence electrons. The van der Waals surface area contributed by atoms with E-state index < -0.39 is 0 Å². The average Bonchev–Trinajstić information content (AvgIpc) is 2.46. The van der Waals surface area contributed by atoms with Crippen LogP contribution in [0.2, 0.25) is 0 Å². The molecule has 0 radical (unpaired) electrons. The van der Waals surface area contributed by atoms with Gasteiger partial charge in [0.05, 0.1) is 0 Å². The van der Waals surface area contributed by atoms with Gasteiger partial charge in [0.1, 0.15) is 0 Å². The zero-order valence-electron chi connectivity index (χ0n) is 7.74. The summed E-state index contributed by atoms with van der Waals surface area (Å²) >= 11 is 0. The summed E-state index contributed by atoms with van der Waals surface area (Å²) in [6.07, 6.45) is 9.59. The Labute approximate surface area is 78.5 Å². The number of hydrogen-bond donors (Lipinski definition) is 1. The van der Waals surface area contributed by atoms with Crippen molar-refractivity contribution in [2.75, 3.05) is 5.32 Å². The number of imidazole rings is 1. The molecule has 0 spiro atoms. The maximum Gasteiger partial charge on any atom is 0.203 e. The number of nitrogens with one attached hydrogen (secondary N) is 1. The Morgan fingerprint density at radius 3 is 3.15 bits per heavy atom. The van der Waals surface area contributed by atoms with Crippen LogP contribution >= 0.6 is 0 Å². The van der Waals surface area contributed by atoms with E-state index in [0.717, 1.165) is 12.5 Å². The van der Waals surface area contributed by atoms with Crippen LogP contribution < -0.4 is 5.32 Å². The Hall–Kier alpha value is -1.25. The van der Waals surface area contributed by atoms with Gasteiger partial charge in [-0.05, 0) is 19.3 Å². The van der Waals surface area contributed by atoms with Crippen LogP contribution in [0.5, 0.6) is 0 Å². The van der Waals surface area contributed by atoms with Crippen LogP contribution in [0.3, 0.4) is 0 Å². The fraction of sp³-hybridized carbons (Fsp3) is 0.500. The third-order valence-electron chi connectivity index (χ3n) is 2.48. The molecule has 1 fully saturated rings. The van der Waals surface area contributed by atoms with E-state index in [4.69, 9.17) is 0 Å². The summed E-state index contributed by atoms with van der Waals surface area (Å²) in [6, 6.07) is 0.644. The van der Waals surface area contributed by atoms with Gasteiger partial charge in [-0.25, -0.2) is 4.98 Å². The van der Waals surface area contributed by atoms with Crippen LogP contribution in [0.15, 0.2) is 25.0 Å². The Morgan fingerprint density at radius 1 is 1.69 bits per heavy atom. The fourth-order valence-electron chi connectivity index (χ4n) is 1.47. The van der Waals surface area contributed by atoms with Crippen molar-refractivity contribution >= 4 is 5.95 Å². The van der Waals surface area contributed by atoms with Crippen molar-refractivity contribution in [1.29, 1.82) is 0 Å². The first-order valence-electron chi connectivity index (χ1n) is 4.78. The molecule has 0 bridgehead atoms. The van der Waals surface area contributed by atoms with Gasteiger partial charge in [-0.1, -0.05) is 6.08 Å². The summed E-state index contributed by atoms with van der Waals surface area (Å²) in [6.45, 7) is 4.54. The molecule has 3 heteroatoms. The number of aromatic nitrogens is 2. The molecule has 0 amide bonds. The van der Waals surface area contributed by atoms with Crippen molar-refractivity contribution < 1.29 is 0 Å². The van der Waals surface area contributed by atoms with Gasteiger partial charge in [-0.3, -0.25) is 0 Å². The minimum Gasteiger partial charge on any atom is -0.353 e. The van der Waals surface area contributed by atoms with Gasteiger partial charge in [0.2, 0.25) is 5.95 Å². The number of anilines is 1. The highest BCUT2D eigenvalue weighted by molar-refractivity contribution is 5.28. The molecule has 0 atom stereocenters. The highest BCUT2D eigenvalue weighted by atomic mass is 15.2. The van der Waals surface area contributed by atoms with E-state index in [9.17, 15) is 0 Å². The lowest BCUT2D eigenvalue weighted by molar-refractivity contribution is 0.441. The number of nitrogens with zero attached hydrogens (tertiary/aromatic N) is 2. The largest absolute Gasteiger partial charge is 0.353 e. The van der Waals surface area contributed by atoms with Crippen LogP contribution in [0.4, 0.5) is 5.95 Å². The first kappa shape index (κ1) is 8.35. The van der Waals surface area contributed by atoms with E-state index in [-0.39, 0.29) is 0 Å². The van der Waals surface area contributed by atoms with E-state index in [2.05, 4.69) is 21.4 Å². The zero-order valence-corrected chi connectivity index (χ0v) is 7.74. The van der Waals surface area contributed by atoms with Crippen molar-refractivity contribution in [2.24, 2.45) is 0 Å². The molecule has 1 N–H and O–H groups in total. The molecule has 2 rings (SSSR count). The Bertz CT molecular complexity index is 286. The lowest BCUT2D eigenvalue weighted by atomic mass is 9.93. The molecule has 1 aromatic rings. The Kier molecular flexibility index (Phi) is 2.34. The minimum absolute atomic E-state index is 0.644. The molecule has 1 heterocycles. The first-order chi connectivity index (χ1) is 6.40. The second-order valence-corrected chi connectivity index (χ2v) is 3.46. The molecular formula is C10H15N3. The molecule has 0 aliphatic heterocycles. The summed E-state index contributed by atoms with van der Waals surface area (Å²) in [5.41, 5.74) is 0. The molecule has 1 saturated carbocycles. The molecule has 1 aromatic heterocycles. The van der Waals surface area contributed by atoms with Crippen molar-refractivity contribution in [2.45, 2.75) is 31.8 Å². The van der Waals surface area contributed by atoms with Crippen molar-refractivity contribution in [3.8, 4) is 0 Å². The lowest BCUT2D eigenvalue weighted by Crippen LogP contribution is -2.28. The summed E-state index contributed by atoms with van der Waals surface area (Å²) in [4.78, 5) is 4.26. The van der Waals surface area contributed by atoms with Crippen LogP contribution in [-0.2, 0) is 6.54 Å². The van der Waals surface area contributed by atoms with Gasteiger partial charge in [0.15, 0.2) is 0 Å². The van der Waals surface area contributed by atoms with Gasteiger partial charge in [-0.15, -0.1) is 6.58 Å². The smallest absolute Gasteiger partial charge is 0.203 e. The van der Waals surface area contributed by atoms with E-state index in [1.54, 1.807) is 0 Å². The topological polar surface area (TPSA) is 29.9 Å². The van der Waals surface area contributed by atoms with Crippen LogP contribution in [0.1, 0.15) is 19.3 Å². The maximum atomic E-state index is 4.26. The zero-order chi connectivity index (χ0) is 9.10. The van der Waals surface area contributed by atoms with E-state index in [1.165, 1.54) is 19.3 Å². The predicted octanol–water partition coefficient (Wildman–Crippen LogP) is 2.03. The number of rotatable bonds is 4. The van der Waals surface area contributed by atoms with Crippen molar-refractivity contribution in [3.05, 3.63) is 25.0 Å². The number of allylic oxidation sites excluding steroid dienone is 1. The quantitative estimate of drug-likeness (QED) is 0.713. The molecule has 1 aliphatic rings. The molecule has 1 aliphatic carbocycles. The fourth-order valence-corrected chi connectivity index (χ4v) is 1.47. The second kappa shape index (κ2) is 3.64. The van der Waals surface area contributed by atoms with Gasteiger partial charge in [-0.2, -0.15) is 0 Å². The summed E-state index contributed by atoms with van der Waals surface area (Å²) in [5, 5.41) is 3.42. The van der Waals surface area contributed by atoms with Gasteiger partial charge in [0.25, 0.3) is 0 Å². The molecule has 3 nitrogen and oxygen atoms in total. The van der Waals surface area contributed by atoms with E-state index in [1.807, 2.05) is 18.5 Å². The molecule has 0 aromatic carbocycles. The van der Waals surface area contributed by atoms with Crippen LogP contribution in [0, 0.1) is 0 Å². The average molecular weight is 177 g/mol. The van der Waals surface area contributed by atoms with Gasteiger partial charge in [0, 0.05) is 25.0 Å². The van der Waals surface area contributed by atoms with E-state index >= 15 is 0 Å². The summed E-state index contributed by atoms with van der Waals surface area (Å²) < 4.78 is 2.07. The minimum atomic E-state index is 0.644. The van der Waals surface area contributed by atoms with Crippen molar-refractivity contribution in [3.63, 3.8) is 0 Å². The summed E-state index contributed by atoms with van der Waals surface area (Å²) in [7, 11) is 0. The normalized spacial score (nSPS) is 16.6. The monoisotopic (exact) mass is 177 g/mol. The highest BCUT2D eigenvalue weighted by Crippen LogP contribution is 2.22. The molecule has 0 saturated heterocycles. The maximum absolute atomic E-state index is 4.26. The van der Waals surface area contributed by atoms with Crippen molar-refractivity contribution in [1.82, 2.24) is 9.55 Å². The summed E-state index contributed by atoms with van der Waals surface area (Å²) in [5.74, 6) is 0.976.